The maximum Gasteiger partial charge on any atom is 0.137 e. The number of nitrogens with two attached hydrogens (primary N) is 1. The van der Waals surface area contributed by atoms with Gasteiger partial charge in [0.2, 0.25) is 0 Å². The summed E-state index contributed by atoms with van der Waals surface area (Å²) in [6, 6.07) is 9.75. The van der Waals surface area contributed by atoms with Crippen LogP contribution in [0.25, 0.3) is 0 Å². The van der Waals surface area contributed by atoms with Crippen molar-refractivity contribution in [3.8, 4) is 5.75 Å². The van der Waals surface area contributed by atoms with Crippen LogP contribution in [0, 0.1) is 5.82 Å². The molecule has 0 aliphatic heterocycles. The van der Waals surface area contributed by atoms with Crippen LogP contribution in [0.15, 0.2) is 36.4 Å². The molecule has 2 aromatic carbocycles. The Morgan fingerprint density at radius 1 is 1.25 bits per heavy atom. The van der Waals surface area contributed by atoms with Gasteiger partial charge in [0, 0.05) is 16.9 Å². The summed E-state index contributed by atoms with van der Waals surface area (Å²) in [5, 5.41) is 3.51. The lowest BCUT2D eigenvalue weighted by molar-refractivity contribution is 0.415. The van der Waals surface area contributed by atoms with Crippen molar-refractivity contribution in [3.63, 3.8) is 0 Å². The summed E-state index contributed by atoms with van der Waals surface area (Å²) >= 11 is 10.8. The molecule has 0 saturated carbocycles. The highest BCUT2D eigenvalue weighted by Crippen LogP contribution is 2.29. The van der Waals surface area contributed by atoms with Crippen LogP contribution in [0.4, 0.5) is 15.8 Å². The fraction of sp³-hybridized carbons (Fsp3) is 0.0714. The number of rotatable bonds is 4. The summed E-state index contributed by atoms with van der Waals surface area (Å²) in [5.74, 6) is 0.106. The van der Waals surface area contributed by atoms with Gasteiger partial charge in [-0.05, 0) is 36.4 Å². The van der Waals surface area contributed by atoms with Gasteiger partial charge in [0.1, 0.15) is 16.6 Å². The molecule has 0 unspecified atom stereocenters. The van der Waals surface area contributed by atoms with E-state index in [1.165, 1.54) is 19.2 Å². The topological polar surface area (TPSA) is 47.3 Å². The van der Waals surface area contributed by atoms with Crippen molar-refractivity contribution >= 4 is 40.2 Å². The molecule has 0 aliphatic rings. The molecule has 20 heavy (non-hydrogen) atoms. The average molecular weight is 311 g/mol. The molecule has 0 atom stereocenters. The van der Waals surface area contributed by atoms with Gasteiger partial charge in [-0.3, -0.25) is 0 Å². The van der Waals surface area contributed by atoms with E-state index in [0.717, 1.165) is 5.69 Å². The fourth-order valence-corrected chi connectivity index (χ4v) is 2.13. The Labute approximate surface area is 126 Å². The van der Waals surface area contributed by atoms with Crippen LogP contribution in [0.2, 0.25) is 5.02 Å². The van der Waals surface area contributed by atoms with Crippen molar-refractivity contribution in [2.45, 2.75) is 0 Å². The Morgan fingerprint density at radius 2 is 1.90 bits per heavy atom. The molecular weight excluding hydrogens is 299 g/mol. The number of nitrogens with one attached hydrogen (secondary N) is 1. The van der Waals surface area contributed by atoms with E-state index in [-0.39, 0.29) is 10.6 Å². The van der Waals surface area contributed by atoms with Gasteiger partial charge in [-0.2, -0.15) is 0 Å². The molecule has 0 aliphatic carbocycles. The lowest BCUT2D eigenvalue weighted by Crippen LogP contribution is -2.11. The Kier molecular flexibility index (Phi) is 4.42. The Balaban J connectivity index is 2.24. The quantitative estimate of drug-likeness (QED) is 0.842. The van der Waals surface area contributed by atoms with Gasteiger partial charge in [0.15, 0.2) is 0 Å². The highest BCUT2D eigenvalue weighted by Gasteiger charge is 2.07. The molecule has 0 radical (unpaired) electrons. The molecule has 0 heterocycles. The number of halogens is 2. The van der Waals surface area contributed by atoms with E-state index >= 15 is 0 Å². The summed E-state index contributed by atoms with van der Waals surface area (Å²) in [5.41, 5.74) is 6.92. The summed E-state index contributed by atoms with van der Waals surface area (Å²) in [7, 11) is 1.54. The number of anilines is 2. The van der Waals surface area contributed by atoms with Gasteiger partial charge in [0.05, 0.1) is 12.1 Å². The number of hydrogen-bond acceptors (Lipinski definition) is 3. The monoisotopic (exact) mass is 310 g/mol. The molecular formula is C14H12ClFN2OS. The first-order valence-electron chi connectivity index (χ1n) is 5.71. The van der Waals surface area contributed by atoms with Crippen LogP contribution in [0.3, 0.4) is 0 Å². The molecule has 2 aromatic rings. The number of ether oxygens (including phenoxy) is 1. The third-order valence-electron chi connectivity index (χ3n) is 2.68. The smallest absolute Gasteiger partial charge is 0.137 e. The molecule has 0 saturated heterocycles. The second-order valence-electron chi connectivity index (χ2n) is 4.03. The fourth-order valence-electron chi connectivity index (χ4n) is 1.70. The average Bonchev–Trinajstić information content (AvgIpc) is 2.38. The zero-order valence-corrected chi connectivity index (χ0v) is 12.2. The minimum atomic E-state index is -0.470. The maximum absolute atomic E-state index is 13.7. The van der Waals surface area contributed by atoms with Gasteiger partial charge >= 0.3 is 0 Å². The molecule has 0 aromatic heterocycles. The van der Waals surface area contributed by atoms with Gasteiger partial charge in [-0.15, -0.1) is 0 Å². The summed E-state index contributed by atoms with van der Waals surface area (Å²) in [6.45, 7) is 0. The molecule has 2 rings (SSSR count). The standard InChI is InChI=1S/C14H12ClFN2OS/c1-19-13-5-3-8(6-11(13)15)18-9-2-4-10(14(17)20)12(16)7-9/h2-7,18H,1H3,(H2,17,20). The van der Waals surface area contributed by atoms with Crippen LogP contribution in [0.5, 0.6) is 5.75 Å². The van der Waals surface area contributed by atoms with E-state index < -0.39 is 5.82 Å². The molecule has 0 bridgehead atoms. The molecule has 0 fully saturated rings. The number of thiocarbonyl (C=S) groups is 1. The molecule has 0 spiro atoms. The van der Waals surface area contributed by atoms with Gasteiger partial charge in [0.25, 0.3) is 0 Å². The van der Waals surface area contributed by atoms with E-state index in [2.05, 4.69) is 5.32 Å². The van der Waals surface area contributed by atoms with Gasteiger partial charge < -0.3 is 15.8 Å². The van der Waals surface area contributed by atoms with Crippen LogP contribution in [-0.2, 0) is 0 Å². The van der Waals surface area contributed by atoms with Crippen LogP contribution >= 0.6 is 23.8 Å². The van der Waals surface area contributed by atoms with E-state index in [4.69, 9.17) is 34.3 Å². The van der Waals surface area contributed by atoms with Crippen molar-refractivity contribution in [2.75, 3.05) is 12.4 Å². The first kappa shape index (κ1) is 14.6. The minimum Gasteiger partial charge on any atom is -0.495 e. The highest BCUT2D eigenvalue weighted by molar-refractivity contribution is 7.80. The lowest BCUT2D eigenvalue weighted by atomic mass is 10.2. The Hall–Kier alpha value is -1.85. The van der Waals surface area contributed by atoms with Crippen molar-refractivity contribution < 1.29 is 9.13 Å². The van der Waals surface area contributed by atoms with Crippen LogP contribution in [0.1, 0.15) is 5.56 Å². The lowest BCUT2D eigenvalue weighted by Gasteiger charge is -2.10. The number of benzene rings is 2. The molecule has 3 nitrogen and oxygen atoms in total. The van der Waals surface area contributed by atoms with E-state index in [9.17, 15) is 4.39 Å². The zero-order chi connectivity index (χ0) is 14.7. The molecule has 6 heteroatoms. The van der Waals surface area contributed by atoms with Gasteiger partial charge in [-0.1, -0.05) is 23.8 Å². The highest BCUT2D eigenvalue weighted by atomic mass is 35.5. The SMILES string of the molecule is COc1ccc(Nc2ccc(C(N)=S)c(F)c2)cc1Cl. The summed E-state index contributed by atoms with van der Waals surface area (Å²) < 4.78 is 18.8. The Morgan fingerprint density at radius 3 is 2.45 bits per heavy atom. The van der Waals surface area contributed by atoms with Crippen molar-refractivity contribution in [1.29, 1.82) is 0 Å². The summed E-state index contributed by atoms with van der Waals surface area (Å²) in [6.07, 6.45) is 0. The summed E-state index contributed by atoms with van der Waals surface area (Å²) in [4.78, 5) is 0.0292. The van der Waals surface area contributed by atoms with Gasteiger partial charge in [-0.25, -0.2) is 4.39 Å². The minimum absolute atomic E-state index is 0.0292. The third-order valence-corrected chi connectivity index (χ3v) is 3.19. The zero-order valence-electron chi connectivity index (χ0n) is 10.6. The number of methoxy groups -OCH3 is 1. The van der Waals surface area contributed by atoms with Crippen LogP contribution in [-0.4, -0.2) is 12.1 Å². The molecule has 104 valence electrons. The van der Waals surface area contributed by atoms with Crippen molar-refractivity contribution in [1.82, 2.24) is 0 Å². The normalized spacial score (nSPS) is 10.2. The predicted molar refractivity (Wildman–Crippen MR) is 83.6 cm³/mol. The second-order valence-corrected chi connectivity index (χ2v) is 4.88. The van der Waals surface area contributed by atoms with E-state index in [1.54, 1.807) is 24.3 Å². The van der Waals surface area contributed by atoms with Crippen molar-refractivity contribution in [2.24, 2.45) is 5.73 Å². The van der Waals surface area contributed by atoms with Crippen molar-refractivity contribution in [3.05, 3.63) is 52.8 Å². The van der Waals surface area contributed by atoms with E-state index in [1.807, 2.05) is 0 Å². The number of hydrogen-bond donors (Lipinski definition) is 2. The molecule has 3 N–H and O–H groups in total. The molecule has 0 amide bonds. The first-order chi connectivity index (χ1) is 9.51. The van der Waals surface area contributed by atoms with E-state index in [0.29, 0.717) is 16.5 Å². The first-order valence-corrected chi connectivity index (χ1v) is 6.50. The van der Waals surface area contributed by atoms with Crippen LogP contribution < -0.4 is 15.8 Å². The third kappa shape index (κ3) is 3.18. The maximum atomic E-state index is 13.7. The Bertz CT molecular complexity index is 664. The predicted octanol–water partition coefficient (Wildman–Crippen LogP) is 3.87. The largest absolute Gasteiger partial charge is 0.495 e. The second kappa shape index (κ2) is 6.07.